The molecule has 0 bridgehead atoms. The Balaban J connectivity index is 2.05. The summed E-state index contributed by atoms with van der Waals surface area (Å²) in [7, 11) is 0. The molecule has 1 aromatic rings. The fraction of sp³-hybridized carbons (Fsp3) is 0.500. The quantitative estimate of drug-likeness (QED) is 0.810. The van der Waals surface area contributed by atoms with Gasteiger partial charge in [-0.2, -0.15) is 0 Å². The molecule has 0 aromatic heterocycles. The van der Waals surface area contributed by atoms with Gasteiger partial charge in [0.15, 0.2) is 0 Å². The van der Waals surface area contributed by atoms with Crippen LogP contribution in [-0.4, -0.2) is 12.6 Å². The number of nitrogen functional groups attached to an aromatic ring is 1. The number of benzene rings is 1. The van der Waals surface area contributed by atoms with E-state index in [0.717, 1.165) is 23.1 Å². The molecule has 1 atom stereocenters. The van der Waals surface area contributed by atoms with Crippen molar-refractivity contribution < 1.29 is 0 Å². The number of piperidine rings is 1. The summed E-state index contributed by atoms with van der Waals surface area (Å²) in [5.41, 5.74) is 8.12. The molecule has 82 valence electrons. The highest BCUT2D eigenvalue weighted by atomic mass is 79.9. The Hall–Kier alpha value is -0.540. The van der Waals surface area contributed by atoms with Gasteiger partial charge < -0.3 is 11.1 Å². The fourth-order valence-electron chi connectivity index (χ4n) is 2.11. The van der Waals surface area contributed by atoms with Gasteiger partial charge in [0.2, 0.25) is 0 Å². The highest BCUT2D eigenvalue weighted by molar-refractivity contribution is 9.10. The molecule has 15 heavy (non-hydrogen) atoms. The van der Waals surface area contributed by atoms with E-state index in [1.54, 1.807) is 0 Å². The summed E-state index contributed by atoms with van der Waals surface area (Å²) in [6, 6.07) is 6.71. The lowest BCUT2D eigenvalue weighted by molar-refractivity contribution is 0.399. The maximum Gasteiger partial charge on any atom is 0.0347 e. The van der Waals surface area contributed by atoms with Crippen LogP contribution in [0.1, 0.15) is 24.8 Å². The zero-order valence-electron chi connectivity index (χ0n) is 8.80. The Kier molecular flexibility index (Phi) is 3.65. The number of rotatable bonds is 2. The van der Waals surface area contributed by atoms with Gasteiger partial charge in [-0.15, -0.1) is 0 Å². The lowest BCUT2D eigenvalue weighted by atomic mass is 9.97. The number of halogens is 1. The number of hydrogen-bond donors (Lipinski definition) is 2. The minimum atomic E-state index is 0.607. The van der Waals surface area contributed by atoms with Gasteiger partial charge in [0.05, 0.1) is 0 Å². The van der Waals surface area contributed by atoms with Crippen LogP contribution in [0.3, 0.4) is 0 Å². The third-order valence-electron chi connectivity index (χ3n) is 2.98. The van der Waals surface area contributed by atoms with Crippen LogP contribution in [0.5, 0.6) is 0 Å². The summed E-state index contributed by atoms with van der Waals surface area (Å²) >= 11 is 3.49. The molecule has 1 aliphatic heterocycles. The Labute approximate surface area is 99.4 Å². The molecule has 1 aliphatic rings. The van der Waals surface area contributed by atoms with Crippen molar-refractivity contribution in [2.45, 2.75) is 31.7 Å². The molecule has 0 aliphatic carbocycles. The molecule has 1 saturated heterocycles. The van der Waals surface area contributed by atoms with Gasteiger partial charge in [-0.25, -0.2) is 0 Å². The van der Waals surface area contributed by atoms with Crippen LogP contribution in [0.15, 0.2) is 22.7 Å². The summed E-state index contributed by atoms with van der Waals surface area (Å²) in [6.45, 7) is 1.15. The van der Waals surface area contributed by atoms with Crippen LogP contribution >= 0.6 is 15.9 Å². The summed E-state index contributed by atoms with van der Waals surface area (Å²) in [4.78, 5) is 0. The molecule has 3 heteroatoms. The molecule has 0 saturated carbocycles. The summed E-state index contributed by atoms with van der Waals surface area (Å²) in [5, 5.41) is 3.54. The fourth-order valence-corrected chi connectivity index (χ4v) is 2.52. The summed E-state index contributed by atoms with van der Waals surface area (Å²) < 4.78 is 1.11. The number of hydrogen-bond acceptors (Lipinski definition) is 2. The van der Waals surface area contributed by atoms with E-state index in [1.165, 1.54) is 24.8 Å². The van der Waals surface area contributed by atoms with Crippen molar-refractivity contribution in [3.05, 3.63) is 28.2 Å². The highest BCUT2D eigenvalue weighted by Crippen LogP contribution is 2.21. The molecule has 2 rings (SSSR count). The predicted molar refractivity (Wildman–Crippen MR) is 67.9 cm³/mol. The van der Waals surface area contributed by atoms with Crippen LogP contribution in [0.2, 0.25) is 0 Å². The van der Waals surface area contributed by atoms with Crippen molar-refractivity contribution in [1.82, 2.24) is 5.32 Å². The number of nitrogens with one attached hydrogen (secondary N) is 1. The number of nitrogens with two attached hydrogens (primary N) is 1. The first-order valence-electron chi connectivity index (χ1n) is 5.53. The van der Waals surface area contributed by atoms with Crippen molar-refractivity contribution >= 4 is 21.6 Å². The first kappa shape index (κ1) is 11.0. The second kappa shape index (κ2) is 4.99. The SMILES string of the molecule is Nc1ccc(Br)cc1CC1CCCCN1. The van der Waals surface area contributed by atoms with Crippen molar-refractivity contribution in [2.24, 2.45) is 0 Å². The topological polar surface area (TPSA) is 38.0 Å². The molecular formula is C12H17BrN2. The van der Waals surface area contributed by atoms with E-state index in [0.29, 0.717) is 6.04 Å². The van der Waals surface area contributed by atoms with Crippen molar-refractivity contribution in [1.29, 1.82) is 0 Å². The minimum absolute atomic E-state index is 0.607. The highest BCUT2D eigenvalue weighted by Gasteiger charge is 2.14. The molecule has 1 unspecified atom stereocenters. The second-order valence-electron chi connectivity index (χ2n) is 4.19. The van der Waals surface area contributed by atoms with Gasteiger partial charge in [-0.05, 0) is 49.6 Å². The average molecular weight is 269 g/mol. The normalized spacial score (nSPS) is 21.5. The van der Waals surface area contributed by atoms with Crippen LogP contribution in [0.4, 0.5) is 5.69 Å². The third-order valence-corrected chi connectivity index (χ3v) is 3.48. The lowest BCUT2D eigenvalue weighted by Crippen LogP contribution is -2.35. The maximum absolute atomic E-state index is 5.96. The first-order chi connectivity index (χ1) is 7.25. The van der Waals surface area contributed by atoms with E-state index >= 15 is 0 Å². The van der Waals surface area contributed by atoms with Gasteiger partial charge >= 0.3 is 0 Å². The molecule has 0 radical (unpaired) electrons. The largest absolute Gasteiger partial charge is 0.399 e. The van der Waals surface area contributed by atoms with Gasteiger partial charge in [0, 0.05) is 16.2 Å². The van der Waals surface area contributed by atoms with Crippen LogP contribution in [0.25, 0.3) is 0 Å². The van der Waals surface area contributed by atoms with Gasteiger partial charge in [-0.1, -0.05) is 22.4 Å². The zero-order chi connectivity index (χ0) is 10.7. The van der Waals surface area contributed by atoms with Crippen molar-refractivity contribution in [3.63, 3.8) is 0 Å². The Morgan fingerprint density at radius 2 is 2.27 bits per heavy atom. The molecular weight excluding hydrogens is 252 g/mol. The lowest BCUT2D eigenvalue weighted by Gasteiger charge is -2.24. The van der Waals surface area contributed by atoms with Crippen molar-refractivity contribution in [3.8, 4) is 0 Å². The average Bonchev–Trinajstić information content (AvgIpc) is 2.25. The van der Waals surface area contributed by atoms with E-state index in [1.807, 2.05) is 12.1 Å². The van der Waals surface area contributed by atoms with Gasteiger partial charge in [0.1, 0.15) is 0 Å². The predicted octanol–water partition coefficient (Wildman–Crippen LogP) is 2.72. The monoisotopic (exact) mass is 268 g/mol. The zero-order valence-corrected chi connectivity index (χ0v) is 10.4. The van der Waals surface area contributed by atoms with E-state index in [2.05, 4.69) is 27.3 Å². The molecule has 0 amide bonds. The molecule has 3 N–H and O–H groups in total. The molecule has 1 aromatic carbocycles. The Morgan fingerprint density at radius 1 is 1.40 bits per heavy atom. The third kappa shape index (κ3) is 2.95. The van der Waals surface area contributed by atoms with Crippen LogP contribution < -0.4 is 11.1 Å². The molecule has 2 nitrogen and oxygen atoms in total. The van der Waals surface area contributed by atoms with E-state index in [-0.39, 0.29) is 0 Å². The van der Waals surface area contributed by atoms with E-state index in [4.69, 9.17) is 5.73 Å². The molecule has 1 fully saturated rings. The van der Waals surface area contributed by atoms with Crippen LogP contribution in [-0.2, 0) is 6.42 Å². The molecule has 1 heterocycles. The molecule has 0 spiro atoms. The summed E-state index contributed by atoms with van der Waals surface area (Å²) in [5.74, 6) is 0. The van der Waals surface area contributed by atoms with Gasteiger partial charge in [-0.3, -0.25) is 0 Å². The van der Waals surface area contributed by atoms with Crippen molar-refractivity contribution in [2.75, 3.05) is 12.3 Å². The maximum atomic E-state index is 5.96. The smallest absolute Gasteiger partial charge is 0.0347 e. The van der Waals surface area contributed by atoms with Crippen LogP contribution in [0, 0.1) is 0 Å². The van der Waals surface area contributed by atoms with E-state index in [9.17, 15) is 0 Å². The van der Waals surface area contributed by atoms with E-state index < -0.39 is 0 Å². The summed E-state index contributed by atoms with van der Waals surface area (Å²) in [6.07, 6.45) is 4.97. The first-order valence-corrected chi connectivity index (χ1v) is 6.32. The Bertz CT molecular complexity index is 332. The standard InChI is InChI=1S/C12H17BrN2/c13-10-4-5-12(14)9(7-10)8-11-3-1-2-6-15-11/h4-5,7,11,15H,1-3,6,8,14H2. The number of anilines is 1. The second-order valence-corrected chi connectivity index (χ2v) is 5.11. The van der Waals surface area contributed by atoms with Gasteiger partial charge in [0.25, 0.3) is 0 Å². The minimum Gasteiger partial charge on any atom is -0.399 e. The Morgan fingerprint density at radius 3 is 3.00 bits per heavy atom.